The van der Waals surface area contributed by atoms with Gasteiger partial charge in [0.25, 0.3) is 0 Å². The van der Waals surface area contributed by atoms with Gasteiger partial charge in [0.05, 0.1) is 0 Å². The minimum Gasteiger partial charge on any atom is -0.384 e. The van der Waals surface area contributed by atoms with Gasteiger partial charge in [-0.1, -0.05) is 53.9 Å². The summed E-state index contributed by atoms with van der Waals surface area (Å²) in [4.78, 5) is 0. The fraction of sp³-hybridized carbons (Fsp3) is 0.0769. The van der Waals surface area contributed by atoms with Crippen molar-refractivity contribution in [2.45, 2.75) is 6.10 Å². The summed E-state index contributed by atoms with van der Waals surface area (Å²) in [5, 5.41) is 10.3. The first-order chi connectivity index (χ1) is 8.49. The largest absolute Gasteiger partial charge is 0.384 e. The Morgan fingerprint density at radius 1 is 0.889 bits per heavy atom. The van der Waals surface area contributed by atoms with Crippen LogP contribution in [0.3, 0.4) is 0 Å². The zero-order valence-electron chi connectivity index (χ0n) is 9.00. The van der Waals surface area contributed by atoms with Gasteiger partial charge < -0.3 is 5.11 Å². The molecule has 94 valence electrons. The van der Waals surface area contributed by atoms with E-state index >= 15 is 0 Å². The molecule has 5 heteroatoms. The second-order valence-electron chi connectivity index (χ2n) is 3.73. The van der Waals surface area contributed by atoms with Gasteiger partial charge in [0.15, 0.2) is 0 Å². The highest BCUT2D eigenvalue weighted by molar-refractivity contribution is 9.11. The topological polar surface area (TPSA) is 20.2 Å². The molecule has 2 aromatic rings. The molecule has 18 heavy (non-hydrogen) atoms. The molecule has 2 rings (SSSR count). The number of rotatable bonds is 2. The summed E-state index contributed by atoms with van der Waals surface area (Å²) in [6.45, 7) is 0. The molecule has 1 unspecified atom stereocenters. The van der Waals surface area contributed by atoms with E-state index in [-0.39, 0.29) is 5.56 Å². The molecule has 0 fully saturated rings. The van der Waals surface area contributed by atoms with Crippen LogP contribution in [0, 0.1) is 5.82 Å². The Labute approximate surface area is 129 Å². The molecule has 1 N–H and O–H groups in total. The standard InChI is InChI=1S/C13H8Br3FO/c14-7-2-4-11(16)10(5-7)13(18)9-3-1-8(15)6-12(9)17/h1-6,13,18H. The maximum atomic E-state index is 13.8. The lowest BCUT2D eigenvalue weighted by Crippen LogP contribution is -2.03. The zero-order valence-corrected chi connectivity index (χ0v) is 13.8. The quantitative estimate of drug-likeness (QED) is 0.683. The monoisotopic (exact) mass is 436 g/mol. The number of hydrogen-bond donors (Lipinski definition) is 1. The molecule has 0 heterocycles. The third-order valence-corrected chi connectivity index (χ3v) is 4.22. The van der Waals surface area contributed by atoms with Crippen LogP contribution in [0.5, 0.6) is 0 Å². The van der Waals surface area contributed by atoms with E-state index in [1.807, 2.05) is 6.07 Å². The van der Waals surface area contributed by atoms with Gasteiger partial charge in [0, 0.05) is 24.5 Å². The highest BCUT2D eigenvalue weighted by atomic mass is 79.9. The maximum Gasteiger partial charge on any atom is 0.130 e. The molecule has 0 amide bonds. The van der Waals surface area contributed by atoms with E-state index in [0.717, 1.165) is 8.95 Å². The van der Waals surface area contributed by atoms with Crippen molar-refractivity contribution in [3.8, 4) is 0 Å². The summed E-state index contributed by atoms with van der Waals surface area (Å²) in [5.74, 6) is -0.441. The third kappa shape index (κ3) is 3.02. The van der Waals surface area contributed by atoms with Crippen LogP contribution in [0.25, 0.3) is 0 Å². The number of hydrogen-bond acceptors (Lipinski definition) is 1. The van der Waals surface area contributed by atoms with Crippen LogP contribution in [-0.2, 0) is 0 Å². The summed E-state index contributed by atoms with van der Waals surface area (Å²) >= 11 is 9.88. The van der Waals surface area contributed by atoms with E-state index in [1.54, 1.807) is 24.3 Å². The van der Waals surface area contributed by atoms with E-state index in [1.165, 1.54) is 6.07 Å². The normalized spacial score (nSPS) is 12.5. The van der Waals surface area contributed by atoms with Gasteiger partial charge >= 0.3 is 0 Å². The Bertz CT molecular complexity index is 586. The third-order valence-electron chi connectivity index (χ3n) is 2.51. The highest BCUT2D eigenvalue weighted by Crippen LogP contribution is 2.32. The first-order valence-corrected chi connectivity index (χ1v) is 7.45. The van der Waals surface area contributed by atoms with Crippen LogP contribution in [0.2, 0.25) is 0 Å². The Balaban J connectivity index is 2.47. The molecule has 0 radical (unpaired) electrons. The summed E-state index contributed by atoms with van der Waals surface area (Å²) in [6, 6.07) is 10.0. The van der Waals surface area contributed by atoms with E-state index in [9.17, 15) is 9.50 Å². The Morgan fingerprint density at radius 2 is 1.50 bits per heavy atom. The fourth-order valence-electron chi connectivity index (χ4n) is 1.61. The number of aliphatic hydroxyl groups is 1. The number of halogens is 4. The first kappa shape index (κ1) is 14.2. The second kappa shape index (κ2) is 5.82. The molecule has 0 bridgehead atoms. The van der Waals surface area contributed by atoms with Crippen molar-refractivity contribution in [2.75, 3.05) is 0 Å². The molecule has 0 saturated heterocycles. The van der Waals surface area contributed by atoms with Crippen molar-refractivity contribution in [3.63, 3.8) is 0 Å². The van der Waals surface area contributed by atoms with Gasteiger partial charge in [-0.25, -0.2) is 4.39 Å². The molecular weight excluding hydrogens is 431 g/mol. The van der Waals surface area contributed by atoms with E-state index < -0.39 is 11.9 Å². The van der Waals surface area contributed by atoms with Crippen LogP contribution < -0.4 is 0 Å². The second-order valence-corrected chi connectivity index (χ2v) is 6.42. The predicted molar refractivity (Wildman–Crippen MR) is 80.0 cm³/mol. The van der Waals surface area contributed by atoms with E-state index in [4.69, 9.17) is 0 Å². The highest BCUT2D eigenvalue weighted by Gasteiger charge is 2.17. The van der Waals surface area contributed by atoms with Crippen molar-refractivity contribution >= 4 is 47.8 Å². The van der Waals surface area contributed by atoms with E-state index in [0.29, 0.717) is 10.0 Å². The van der Waals surface area contributed by atoms with Gasteiger partial charge in [-0.3, -0.25) is 0 Å². The lowest BCUT2D eigenvalue weighted by molar-refractivity contribution is 0.214. The van der Waals surface area contributed by atoms with Gasteiger partial charge in [-0.2, -0.15) is 0 Å². The molecule has 0 aliphatic carbocycles. The molecular formula is C13H8Br3FO. The molecule has 0 aromatic heterocycles. The molecule has 2 aromatic carbocycles. The zero-order chi connectivity index (χ0) is 13.3. The summed E-state index contributed by atoms with van der Waals surface area (Å²) in [6.07, 6.45) is -1.01. The average Bonchev–Trinajstić information content (AvgIpc) is 2.31. The fourth-order valence-corrected chi connectivity index (χ4v) is 2.79. The van der Waals surface area contributed by atoms with Gasteiger partial charge in [0.1, 0.15) is 11.9 Å². The smallest absolute Gasteiger partial charge is 0.130 e. The minimum absolute atomic E-state index is 0.247. The van der Waals surface area contributed by atoms with E-state index in [2.05, 4.69) is 47.8 Å². The Hall–Kier alpha value is -0.230. The average molecular weight is 439 g/mol. The van der Waals surface area contributed by atoms with Gasteiger partial charge in [-0.15, -0.1) is 0 Å². The van der Waals surface area contributed by atoms with Crippen molar-refractivity contribution in [3.05, 3.63) is 66.8 Å². The number of benzene rings is 2. The summed E-state index contributed by atoms with van der Waals surface area (Å²) < 4.78 is 16.0. The molecule has 0 aliphatic rings. The van der Waals surface area contributed by atoms with Gasteiger partial charge in [-0.05, 0) is 30.3 Å². The van der Waals surface area contributed by atoms with Crippen LogP contribution in [-0.4, -0.2) is 5.11 Å². The van der Waals surface area contributed by atoms with Gasteiger partial charge in [0.2, 0.25) is 0 Å². The SMILES string of the molecule is OC(c1ccc(Br)cc1F)c1cc(Br)ccc1Br. The predicted octanol–water partition coefficient (Wildman–Crippen LogP) is 5.19. The minimum atomic E-state index is -1.01. The molecule has 0 spiro atoms. The lowest BCUT2D eigenvalue weighted by atomic mass is 10.0. The van der Waals surface area contributed by atoms with Crippen molar-refractivity contribution in [1.82, 2.24) is 0 Å². The van der Waals surface area contributed by atoms with Crippen LogP contribution >= 0.6 is 47.8 Å². The van der Waals surface area contributed by atoms with Crippen molar-refractivity contribution in [2.24, 2.45) is 0 Å². The van der Waals surface area contributed by atoms with Crippen molar-refractivity contribution in [1.29, 1.82) is 0 Å². The van der Waals surface area contributed by atoms with Crippen LogP contribution in [0.15, 0.2) is 49.8 Å². The van der Waals surface area contributed by atoms with Crippen molar-refractivity contribution < 1.29 is 9.50 Å². The summed E-state index contributed by atoms with van der Waals surface area (Å²) in [5.41, 5.74) is 0.864. The Morgan fingerprint density at radius 3 is 2.17 bits per heavy atom. The summed E-state index contributed by atoms with van der Waals surface area (Å²) in [7, 11) is 0. The maximum absolute atomic E-state index is 13.8. The molecule has 0 saturated carbocycles. The first-order valence-electron chi connectivity index (χ1n) is 5.07. The van der Waals surface area contributed by atoms with Crippen LogP contribution in [0.4, 0.5) is 4.39 Å². The molecule has 1 nitrogen and oxygen atoms in total. The number of aliphatic hydroxyl groups excluding tert-OH is 1. The van der Waals surface area contributed by atoms with Crippen LogP contribution in [0.1, 0.15) is 17.2 Å². The lowest BCUT2D eigenvalue weighted by Gasteiger charge is -2.14. The Kier molecular flexibility index (Phi) is 4.59. The molecule has 0 aliphatic heterocycles. The molecule has 1 atom stereocenters.